The summed E-state index contributed by atoms with van der Waals surface area (Å²) in [6, 6.07) is 12.3. The van der Waals surface area contributed by atoms with Crippen molar-refractivity contribution in [3.63, 3.8) is 0 Å². The Morgan fingerprint density at radius 1 is 1.00 bits per heavy atom. The van der Waals surface area contributed by atoms with Gasteiger partial charge in [-0.25, -0.2) is 17.8 Å². The third-order valence-electron chi connectivity index (χ3n) is 5.28. The van der Waals surface area contributed by atoms with Gasteiger partial charge >= 0.3 is 12.4 Å². The Balaban J connectivity index is 1.85. The van der Waals surface area contributed by atoms with E-state index < -0.39 is 45.0 Å². The van der Waals surface area contributed by atoms with E-state index in [1.54, 1.807) is 31.2 Å². The van der Waals surface area contributed by atoms with Gasteiger partial charge in [0.25, 0.3) is 5.78 Å². The van der Waals surface area contributed by atoms with E-state index in [0.717, 1.165) is 12.1 Å². The van der Waals surface area contributed by atoms with Crippen LogP contribution in [0.1, 0.15) is 36.7 Å². The van der Waals surface area contributed by atoms with Crippen LogP contribution in [0.3, 0.4) is 0 Å². The molecule has 3 aromatic rings. The first kappa shape index (κ1) is 29.2. The number of carbonyl (C=O) groups excluding carboxylic acids is 1. The third kappa shape index (κ3) is 7.34. The van der Waals surface area contributed by atoms with E-state index in [-0.39, 0.29) is 11.6 Å². The van der Waals surface area contributed by atoms with Crippen molar-refractivity contribution in [2.75, 3.05) is 5.75 Å². The molecule has 7 nitrogen and oxygen atoms in total. The number of hydrogen-bond acceptors (Lipinski definition) is 5. The standard InChI is InChI=1S/C24H23F6N3O4S/c1-4-33-20(37-18-10-8-15(9-11-18)21(34)24(28,29)30)13-19(31-33)16-6-5-7-17(12-16)22(2,3)32-38(35,36)14-23(25,26)27/h5-13,32H,4,14H2,1-3H3. The Morgan fingerprint density at radius 3 is 2.18 bits per heavy atom. The summed E-state index contributed by atoms with van der Waals surface area (Å²) in [5.41, 5.74) is -0.656. The lowest BCUT2D eigenvalue weighted by Crippen LogP contribution is -2.44. The maximum atomic E-state index is 12.6. The van der Waals surface area contributed by atoms with Crippen LogP contribution < -0.4 is 9.46 Å². The average Bonchev–Trinajstić information content (AvgIpc) is 3.19. The highest BCUT2D eigenvalue weighted by Gasteiger charge is 2.39. The number of aryl methyl sites for hydroxylation is 1. The van der Waals surface area contributed by atoms with E-state index in [1.165, 1.54) is 36.7 Å². The zero-order chi connectivity index (χ0) is 28.5. The highest BCUT2D eigenvalue weighted by atomic mass is 32.2. The lowest BCUT2D eigenvalue weighted by molar-refractivity contribution is -0.106. The van der Waals surface area contributed by atoms with E-state index in [0.29, 0.717) is 23.4 Å². The molecule has 14 heteroatoms. The Morgan fingerprint density at radius 2 is 1.63 bits per heavy atom. The van der Waals surface area contributed by atoms with Crippen LogP contribution in [0, 0.1) is 0 Å². The lowest BCUT2D eigenvalue weighted by atomic mass is 9.93. The number of Topliss-reactive ketones (excluding diaryl/α,β-unsaturated/α-hetero) is 1. The number of alkyl halides is 6. The minimum Gasteiger partial charge on any atom is -0.439 e. The summed E-state index contributed by atoms with van der Waals surface area (Å²) >= 11 is 0. The molecule has 0 saturated heterocycles. The minimum atomic E-state index is -5.00. The molecule has 38 heavy (non-hydrogen) atoms. The summed E-state index contributed by atoms with van der Waals surface area (Å²) in [5.74, 6) is -3.61. The Kier molecular flexibility index (Phi) is 7.99. The second-order valence-corrected chi connectivity index (χ2v) is 10.5. The smallest absolute Gasteiger partial charge is 0.439 e. The van der Waals surface area contributed by atoms with Crippen LogP contribution in [0.15, 0.2) is 54.6 Å². The number of sulfonamides is 1. The molecule has 0 atom stereocenters. The van der Waals surface area contributed by atoms with E-state index >= 15 is 0 Å². The number of nitrogens with zero attached hydrogens (tertiary/aromatic N) is 2. The second kappa shape index (κ2) is 10.4. The first-order valence-electron chi connectivity index (χ1n) is 11.1. The average molecular weight is 564 g/mol. The fourth-order valence-corrected chi connectivity index (χ4v) is 4.97. The van der Waals surface area contributed by atoms with Crippen molar-refractivity contribution in [2.24, 2.45) is 0 Å². The molecule has 0 bridgehead atoms. The normalized spacial score (nSPS) is 13.0. The van der Waals surface area contributed by atoms with Gasteiger partial charge < -0.3 is 4.74 Å². The van der Waals surface area contributed by atoms with Gasteiger partial charge in [0.1, 0.15) is 5.75 Å². The van der Waals surface area contributed by atoms with E-state index in [1.807, 2.05) is 0 Å². The molecule has 0 amide bonds. The first-order valence-corrected chi connectivity index (χ1v) is 12.7. The molecular formula is C24H23F6N3O4S. The molecule has 0 unspecified atom stereocenters. The quantitative estimate of drug-likeness (QED) is 0.262. The zero-order valence-electron chi connectivity index (χ0n) is 20.3. The fourth-order valence-electron chi connectivity index (χ4n) is 3.57. The SMILES string of the molecule is CCn1nc(-c2cccc(C(C)(C)NS(=O)(=O)CC(F)(F)F)c2)cc1Oc1ccc(C(=O)C(F)(F)F)cc1. The van der Waals surface area contributed by atoms with Crippen molar-refractivity contribution in [1.82, 2.24) is 14.5 Å². The zero-order valence-corrected chi connectivity index (χ0v) is 21.1. The number of rotatable bonds is 9. The van der Waals surface area contributed by atoms with Gasteiger partial charge in [-0.2, -0.15) is 31.4 Å². The number of ketones is 1. The monoisotopic (exact) mass is 563 g/mol. The van der Waals surface area contributed by atoms with Gasteiger partial charge in [0.2, 0.25) is 15.9 Å². The molecule has 0 aliphatic carbocycles. The summed E-state index contributed by atoms with van der Waals surface area (Å²) < 4.78 is 109. The second-order valence-electron chi connectivity index (χ2n) is 8.82. The summed E-state index contributed by atoms with van der Waals surface area (Å²) in [6.07, 6.45) is -9.90. The lowest BCUT2D eigenvalue weighted by Gasteiger charge is -2.27. The van der Waals surface area contributed by atoms with Crippen LogP contribution in [0.2, 0.25) is 0 Å². The number of nitrogens with one attached hydrogen (secondary N) is 1. The highest BCUT2D eigenvalue weighted by molar-refractivity contribution is 7.89. The van der Waals surface area contributed by atoms with Gasteiger partial charge in [-0.15, -0.1) is 0 Å². The number of carbonyl (C=O) groups is 1. The number of benzene rings is 2. The Bertz CT molecular complexity index is 1410. The largest absolute Gasteiger partial charge is 0.454 e. The predicted octanol–water partition coefficient (Wildman–Crippen LogP) is 5.82. The molecule has 1 N–H and O–H groups in total. The van der Waals surface area contributed by atoms with Crippen LogP contribution >= 0.6 is 0 Å². The summed E-state index contributed by atoms with van der Waals surface area (Å²) in [4.78, 5) is 11.4. The molecular weight excluding hydrogens is 540 g/mol. The van der Waals surface area contributed by atoms with E-state index in [2.05, 4.69) is 9.82 Å². The number of hydrogen-bond donors (Lipinski definition) is 1. The Hall–Kier alpha value is -3.39. The number of aromatic nitrogens is 2. The summed E-state index contributed by atoms with van der Waals surface area (Å²) in [7, 11) is -4.68. The van der Waals surface area contributed by atoms with Crippen LogP contribution in [-0.2, 0) is 22.1 Å². The van der Waals surface area contributed by atoms with E-state index in [4.69, 9.17) is 4.74 Å². The maximum absolute atomic E-state index is 12.6. The summed E-state index contributed by atoms with van der Waals surface area (Å²) in [6.45, 7) is 4.96. The number of ether oxygens (including phenoxy) is 1. The predicted molar refractivity (Wildman–Crippen MR) is 126 cm³/mol. The highest BCUT2D eigenvalue weighted by Crippen LogP contribution is 2.31. The van der Waals surface area contributed by atoms with Crippen molar-refractivity contribution in [3.8, 4) is 22.9 Å². The van der Waals surface area contributed by atoms with Crippen LogP contribution in [0.25, 0.3) is 11.3 Å². The van der Waals surface area contributed by atoms with Gasteiger partial charge in [-0.3, -0.25) is 4.79 Å². The van der Waals surface area contributed by atoms with Gasteiger partial charge in [-0.1, -0.05) is 18.2 Å². The van der Waals surface area contributed by atoms with Gasteiger partial charge in [0.05, 0.1) is 11.2 Å². The van der Waals surface area contributed by atoms with Gasteiger partial charge in [0.15, 0.2) is 5.75 Å². The third-order valence-corrected chi connectivity index (χ3v) is 6.81. The molecule has 2 aromatic carbocycles. The molecule has 0 radical (unpaired) electrons. The summed E-state index contributed by atoms with van der Waals surface area (Å²) in [5, 5.41) is 4.42. The minimum absolute atomic E-state index is 0.152. The van der Waals surface area contributed by atoms with Gasteiger partial charge in [-0.05, 0) is 56.7 Å². The Labute approximate surface area is 214 Å². The molecule has 3 rings (SSSR count). The van der Waals surface area contributed by atoms with Crippen molar-refractivity contribution < 1.29 is 44.3 Å². The molecule has 0 spiro atoms. The molecule has 206 valence electrons. The molecule has 1 heterocycles. The van der Waals surface area contributed by atoms with E-state index in [9.17, 15) is 39.6 Å². The number of halogens is 6. The maximum Gasteiger partial charge on any atom is 0.454 e. The molecule has 0 aliphatic heterocycles. The van der Waals surface area contributed by atoms with Crippen molar-refractivity contribution in [1.29, 1.82) is 0 Å². The molecule has 0 fully saturated rings. The van der Waals surface area contributed by atoms with Crippen molar-refractivity contribution in [3.05, 3.63) is 65.7 Å². The van der Waals surface area contributed by atoms with Gasteiger partial charge in [0, 0.05) is 23.7 Å². The fraction of sp³-hybridized carbons (Fsp3) is 0.333. The molecule has 0 aliphatic rings. The van der Waals surface area contributed by atoms with Crippen molar-refractivity contribution in [2.45, 2.75) is 45.2 Å². The molecule has 0 saturated carbocycles. The van der Waals surface area contributed by atoms with Crippen LogP contribution in [0.5, 0.6) is 11.6 Å². The van der Waals surface area contributed by atoms with Crippen LogP contribution in [0.4, 0.5) is 26.3 Å². The molecule has 1 aromatic heterocycles. The first-order chi connectivity index (χ1) is 17.4. The van der Waals surface area contributed by atoms with Crippen LogP contribution in [-0.4, -0.2) is 42.1 Å². The topological polar surface area (TPSA) is 90.3 Å². The van der Waals surface area contributed by atoms with Crippen molar-refractivity contribution >= 4 is 15.8 Å².